The molecule has 3 rings (SSSR count). The zero-order chi connectivity index (χ0) is 15.9. The number of nitrogens with one attached hydrogen (secondary N) is 1. The first-order chi connectivity index (χ1) is 10.6. The smallest absolute Gasteiger partial charge is 0.232 e. The Kier molecular flexibility index (Phi) is 3.62. The third-order valence-electron chi connectivity index (χ3n) is 4.42. The summed E-state index contributed by atoms with van der Waals surface area (Å²) in [5.41, 5.74) is 14.1. The summed E-state index contributed by atoms with van der Waals surface area (Å²) in [5.74, 6) is -2.43. The van der Waals surface area contributed by atoms with E-state index >= 15 is 0 Å². The number of rotatable bonds is 4. The standard InChI is InChI=1S/C16H20N4O2/c1-2-20-11-6-4-3-5-9(11)10-7-8-19-13(14(10)20)12(15(17)21)16(18)22/h3-6,12-13,19H,2,7-8H2,1H3,(H2,17,21)(H2,18,22). The second-order valence-electron chi connectivity index (χ2n) is 5.59. The van der Waals surface area contributed by atoms with Gasteiger partial charge in [0.25, 0.3) is 0 Å². The molecule has 1 atom stereocenters. The van der Waals surface area contributed by atoms with E-state index < -0.39 is 23.8 Å². The summed E-state index contributed by atoms with van der Waals surface area (Å²) in [4.78, 5) is 23.5. The number of para-hydroxylation sites is 1. The fraction of sp³-hybridized carbons (Fsp3) is 0.375. The van der Waals surface area contributed by atoms with Gasteiger partial charge in [0.15, 0.2) is 0 Å². The first-order valence-electron chi connectivity index (χ1n) is 7.48. The van der Waals surface area contributed by atoms with Gasteiger partial charge in [-0.25, -0.2) is 0 Å². The first kappa shape index (κ1) is 14.6. The van der Waals surface area contributed by atoms with Crippen molar-refractivity contribution in [1.29, 1.82) is 0 Å². The molecule has 6 nitrogen and oxygen atoms in total. The summed E-state index contributed by atoms with van der Waals surface area (Å²) in [7, 11) is 0. The molecule has 1 aliphatic heterocycles. The molecule has 2 aromatic rings. The van der Waals surface area contributed by atoms with Gasteiger partial charge in [-0.1, -0.05) is 18.2 Å². The van der Waals surface area contributed by atoms with E-state index in [2.05, 4.69) is 22.0 Å². The highest BCUT2D eigenvalue weighted by Crippen LogP contribution is 2.36. The van der Waals surface area contributed by atoms with Crippen molar-refractivity contribution >= 4 is 22.7 Å². The average Bonchev–Trinajstić information content (AvgIpc) is 2.81. The molecule has 1 aliphatic rings. The van der Waals surface area contributed by atoms with Crippen molar-refractivity contribution in [2.45, 2.75) is 25.9 Å². The summed E-state index contributed by atoms with van der Waals surface area (Å²) in [6.07, 6.45) is 0.851. The number of hydrogen-bond donors (Lipinski definition) is 3. The van der Waals surface area contributed by atoms with Gasteiger partial charge in [-0.15, -0.1) is 0 Å². The second kappa shape index (κ2) is 5.46. The maximum Gasteiger partial charge on any atom is 0.232 e. The van der Waals surface area contributed by atoms with Gasteiger partial charge in [-0.3, -0.25) is 9.59 Å². The van der Waals surface area contributed by atoms with E-state index in [1.807, 2.05) is 19.1 Å². The van der Waals surface area contributed by atoms with Crippen LogP contribution in [0.1, 0.15) is 24.2 Å². The molecule has 0 spiro atoms. The summed E-state index contributed by atoms with van der Waals surface area (Å²) in [5, 5.41) is 4.42. The largest absolute Gasteiger partial charge is 0.369 e. The summed E-state index contributed by atoms with van der Waals surface area (Å²) < 4.78 is 2.14. The minimum Gasteiger partial charge on any atom is -0.369 e. The van der Waals surface area contributed by atoms with Gasteiger partial charge < -0.3 is 21.4 Å². The van der Waals surface area contributed by atoms with E-state index in [4.69, 9.17) is 11.5 Å². The van der Waals surface area contributed by atoms with Gasteiger partial charge in [-0.2, -0.15) is 0 Å². The topological polar surface area (TPSA) is 103 Å². The highest BCUT2D eigenvalue weighted by atomic mass is 16.2. The van der Waals surface area contributed by atoms with Crippen LogP contribution < -0.4 is 16.8 Å². The van der Waals surface area contributed by atoms with E-state index in [0.29, 0.717) is 6.54 Å². The monoisotopic (exact) mass is 300 g/mol. The number of nitrogens with two attached hydrogens (primary N) is 2. The fourth-order valence-electron chi connectivity index (χ4n) is 3.55. The second-order valence-corrected chi connectivity index (χ2v) is 5.59. The summed E-state index contributed by atoms with van der Waals surface area (Å²) in [6, 6.07) is 7.65. The minimum absolute atomic E-state index is 0.467. The van der Waals surface area contributed by atoms with Crippen molar-refractivity contribution in [1.82, 2.24) is 9.88 Å². The lowest BCUT2D eigenvalue weighted by Gasteiger charge is -2.30. The fourth-order valence-corrected chi connectivity index (χ4v) is 3.55. The molecule has 1 unspecified atom stereocenters. The zero-order valence-corrected chi connectivity index (χ0v) is 12.5. The van der Waals surface area contributed by atoms with Crippen LogP contribution in [-0.4, -0.2) is 22.9 Å². The van der Waals surface area contributed by atoms with Crippen molar-refractivity contribution in [3.63, 3.8) is 0 Å². The maximum absolute atomic E-state index is 11.7. The Balaban J connectivity index is 2.25. The Morgan fingerprint density at radius 1 is 1.32 bits per heavy atom. The van der Waals surface area contributed by atoms with Crippen LogP contribution in [0.5, 0.6) is 0 Å². The molecule has 0 radical (unpaired) electrons. The van der Waals surface area contributed by atoms with Gasteiger partial charge in [-0.05, 0) is 31.5 Å². The van der Waals surface area contributed by atoms with Gasteiger partial charge >= 0.3 is 0 Å². The first-order valence-corrected chi connectivity index (χ1v) is 7.48. The minimum atomic E-state index is -1.05. The Morgan fingerprint density at radius 3 is 2.64 bits per heavy atom. The highest BCUT2D eigenvalue weighted by Gasteiger charge is 2.38. The third kappa shape index (κ3) is 2.07. The number of aromatic nitrogens is 1. The van der Waals surface area contributed by atoms with Gasteiger partial charge in [0.1, 0.15) is 5.92 Å². The molecule has 2 amide bonds. The van der Waals surface area contributed by atoms with E-state index in [1.165, 1.54) is 10.9 Å². The van der Waals surface area contributed by atoms with Crippen LogP contribution in [0.2, 0.25) is 0 Å². The van der Waals surface area contributed by atoms with E-state index in [0.717, 1.165) is 24.2 Å². The number of carbonyl (C=O) groups is 2. The average molecular weight is 300 g/mol. The lowest BCUT2D eigenvalue weighted by atomic mass is 9.89. The highest BCUT2D eigenvalue weighted by molar-refractivity contribution is 6.00. The zero-order valence-electron chi connectivity index (χ0n) is 12.5. The molecule has 0 fully saturated rings. The molecular weight excluding hydrogens is 280 g/mol. The van der Waals surface area contributed by atoms with Crippen LogP contribution in [0.25, 0.3) is 10.9 Å². The molecular formula is C16H20N4O2. The lowest BCUT2D eigenvalue weighted by Crippen LogP contribution is -2.47. The van der Waals surface area contributed by atoms with E-state index in [9.17, 15) is 9.59 Å². The Hall–Kier alpha value is -2.34. The maximum atomic E-state index is 11.7. The van der Waals surface area contributed by atoms with Crippen molar-refractivity contribution in [3.8, 4) is 0 Å². The molecule has 116 valence electrons. The Labute approximate surface area is 128 Å². The van der Waals surface area contributed by atoms with Gasteiger partial charge in [0, 0.05) is 23.1 Å². The third-order valence-corrected chi connectivity index (χ3v) is 4.42. The van der Waals surface area contributed by atoms with Crippen molar-refractivity contribution in [2.24, 2.45) is 17.4 Å². The Morgan fingerprint density at radius 2 is 2.00 bits per heavy atom. The molecule has 1 aromatic carbocycles. The number of primary amides is 2. The van der Waals surface area contributed by atoms with E-state index in [-0.39, 0.29) is 0 Å². The van der Waals surface area contributed by atoms with E-state index in [1.54, 1.807) is 0 Å². The molecule has 0 saturated heterocycles. The molecule has 2 heterocycles. The number of nitrogens with zero attached hydrogens (tertiary/aromatic N) is 1. The normalized spacial score (nSPS) is 17.6. The van der Waals surface area contributed by atoms with Crippen LogP contribution in [-0.2, 0) is 22.6 Å². The number of aryl methyl sites for hydroxylation is 1. The molecule has 6 heteroatoms. The van der Waals surface area contributed by atoms with Crippen LogP contribution in [0.15, 0.2) is 24.3 Å². The summed E-state index contributed by atoms with van der Waals surface area (Å²) in [6.45, 7) is 3.48. The van der Waals surface area contributed by atoms with Gasteiger partial charge in [0.05, 0.1) is 6.04 Å². The van der Waals surface area contributed by atoms with Crippen LogP contribution in [0.3, 0.4) is 0 Å². The van der Waals surface area contributed by atoms with Crippen molar-refractivity contribution in [2.75, 3.05) is 6.54 Å². The van der Waals surface area contributed by atoms with Crippen LogP contribution in [0, 0.1) is 5.92 Å². The number of fused-ring (bicyclic) bond motifs is 3. The predicted molar refractivity (Wildman–Crippen MR) is 83.9 cm³/mol. The van der Waals surface area contributed by atoms with Crippen LogP contribution in [0.4, 0.5) is 0 Å². The summed E-state index contributed by atoms with van der Waals surface area (Å²) >= 11 is 0. The van der Waals surface area contributed by atoms with Crippen LogP contribution >= 0.6 is 0 Å². The number of benzene rings is 1. The quantitative estimate of drug-likeness (QED) is 0.713. The molecule has 0 bridgehead atoms. The van der Waals surface area contributed by atoms with Crippen molar-refractivity contribution in [3.05, 3.63) is 35.5 Å². The number of carbonyl (C=O) groups excluding carboxylic acids is 2. The molecule has 22 heavy (non-hydrogen) atoms. The molecule has 1 aromatic heterocycles. The van der Waals surface area contributed by atoms with Crippen molar-refractivity contribution < 1.29 is 9.59 Å². The molecule has 0 saturated carbocycles. The Bertz CT molecular complexity index is 703. The number of amides is 2. The molecule has 0 aliphatic carbocycles. The number of hydrogen-bond acceptors (Lipinski definition) is 3. The predicted octanol–water partition coefficient (Wildman–Crippen LogP) is 0.435. The SMILES string of the molecule is CCn1c2c(c3ccccc31)CCNC2C(C(N)=O)C(N)=O. The van der Waals surface area contributed by atoms with Gasteiger partial charge in [0.2, 0.25) is 11.8 Å². The lowest BCUT2D eigenvalue weighted by molar-refractivity contribution is -0.133. The molecule has 5 N–H and O–H groups in total.